The zero-order valence-corrected chi connectivity index (χ0v) is 24.0. The van der Waals surface area contributed by atoms with Gasteiger partial charge in [0.1, 0.15) is 0 Å². The van der Waals surface area contributed by atoms with E-state index in [0.29, 0.717) is 39.5 Å². The first-order chi connectivity index (χ1) is 19.2. The number of carbonyl (C=O) groups is 1. The maximum Gasteiger partial charge on any atom is 0.251 e. The highest BCUT2D eigenvalue weighted by molar-refractivity contribution is 7.98. The van der Waals surface area contributed by atoms with Crippen molar-refractivity contribution in [3.63, 3.8) is 0 Å². The number of benzene rings is 3. The summed E-state index contributed by atoms with van der Waals surface area (Å²) in [7, 11) is 3.55. The first-order valence-corrected chi connectivity index (χ1v) is 14.5. The summed E-state index contributed by atoms with van der Waals surface area (Å²) in [5.74, 6) is 0.664. The molecule has 0 saturated carbocycles. The highest BCUT2D eigenvalue weighted by Crippen LogP contribution is 2.39. The van der Waals surface area contributed by atoms with Crippen molar-refractivity contribution in [2.75, 3.05) is 18.6 Å². The fraction of sp³-hybridized carbons (Fsp3) is 0.194. The van der Waals surface area contributed by atoms with Crippen LogP contribution in [-0.2, 0) is 19.7 Å². The Morgan fingerprint density at radius 1 is 1.05 bits per heavy atom. The SMILES string of the molecule is CSCCNC(=O)c1ccc(C(O)(c2ccc3c(c2)c(-c2cccc(Cl)c2)cc(=O)n3C)c2cncn2C)cc1. The van der Waals surface area contributed by atoms with E-state index in [1.807, 2.05) is 49.7 Å². The average molecular weight is 573 g/mol. The first kappa shape index (κ1) is 27.7. The summed E-state index contributed by atoms with van der Waals surface area (Å²) in [5, 5.41) is 16.8. The normalized spacial score (nSPS) is 12.8. The van der Waals surface area contributed by atoms with Gasteiger partial charge in [-0.25, -0.2) is 4.98 Å². The number of nitrogens with one attached hydrogen (secondary N) is 1. The Labute approximate surface area is 241 Å². The van der Waals surface area contributed by atoms with Crippen LogP contribution in [0.4, 0.5) is 0 Å². The minimum absolute atomic E-state index is 0.150. The number of carbonyl (C=O) groups excluding carboxylic acids is 1. The van der Waals surface area contributed by atoms with Crippen LogP contribution in [0.5, 0.6) is 0 Å². The number of aliphatic hydroxyl groups is 1. The highest BCUT2D eigenvalue weighted by atomic mass is 35.5. The number of rotatable bonds is 8. The van der Waals surface area contributed by atoms with Crippen LogP contribution in [0.1, 0.15) is 27.2 Å². The van der Waals surface area contributed by atoms with Gasteiger partial charge in [0.25, 0.3) is 11.5 Å². The van der Waals surface area contributed by atoms with Crippen LogP contribution >= 0.6 is 23.4 Å². The number of hydrogen-bond donors (Lipinski definition) is 2. The Morgan fingerprint density at radius 3 is 2.48 bits per heavy atom. The van der Waals surface area contributed by atoms with Crippen LogP contribution < -0.4 is 10.9 Å². The number of amides is 1. The van der Waals surface area contributed by atoms with Crippen molar-refractivity contribution >= 4 is 40.2 Å². The number of thioether (sulfide) groups is 1. The van der Waals surface area contributed by atoms with Crippen molar-refractivity contribution < 1.29 is 9.90 Å². The quantitative estimate of drug-likeness (QED) is 0.256. The van der Waals surface area contributed by atoms with E-state index < -0.39 is 5.60 Å². The van der Waals surface area contributed by atoms with Crippen molar-refractivity contribution in [1.82, 2.24) is 19.4 Å². The number of fused-ring (bicyclic) bond motifs is 1. The standard InChI is InChI=1S/C31H29ClN4O3S/c1-35-19-33-18-28(35)31(39,22-9-7-20(8-10-22)30(38)34-13-14-40-3)23-11-12-27-26(16-23)25(17-29(37)36(27)2)21-5-4-6-24(32)15-21/h4-12,15-19,39H,13-14H2,1-3H3,(H,34,38). The second kappa shape index (κ2) is 11.3. The van der Waals surface area contributed by atoms with E-state index in [4.69, 9.17) is 11.6 Å². The van der Waals surface area contributed by atoms with Gasteiger partial charge >= 0.3 is 0 Å². The van der Waals surface area contributed by atoms with Crippen molar-refractivity contribution in [3.05, 3.63) is 123 Å². The molecule has 0 aliphatic carbocycles. The zero-order valence-electron chi connectivity index (χ0n) is 22.4. The first-order valence-electron chi connectivity index (χ1n) is 12.7. The molecule has 2 heterocycles. The minimum atomic E-state index is -1.60. The lowest BCUT2D eigenvalue weighted by molar-refractivity contribution is 0.0955. The number of halogens is 1. The largest absolute Gasteiger partial charge is 0.374 e. The molecule has 40 heavy (non-hydrogen) atoms. The van der Waals surface area contributed by atoms with Gasteiger partial charge in [0.2, 0.25) is 0 Å². The summed E-state index contributed by atoms with van der Waals surface area (Å²) in [5.41, 5.74) is 2.70. The lowest BCUT2D eigenvalue weighted by atomic mass is 9.82. The molecule has 5 aromatic rings. The molecule has 0 fully saturated rings. The van der Waals surface area contributed by atoms with E-state index in [2.05, 4.69) is 10.3 Å². The lowest BCUT2D eigenvalue weighted by Gasteiger charge is -2.30. The fourth-order valence-corrected chi connectivity index (χ4v) is 5.48. The van der Waals surface area contributed by atoms with Gasteiger partial charge in [-0.3, -0.25) is 9.59 Å². The number of imidazole rings is 1. The number of nitrogens with zero attached hydrogens (tertiary/aromatic N) is 3. The van der Waals surface area contributed by atoms with E-state index in [9.17, 15) is 14.7 Å². The topological polar surface area (TPSA) is 89.2 Å². The van der Waals surface area contributed by atoms with Crippen molar-refractivity contribution in [1.29, 1.82) is 0 Å². The molecule has 5 rings (SSSR count). The summed E-state index contributed by atoms with van der Waals surface area (Å²) < 4.78 is 3.35. The summed E-state index contributed by atoms with van der Waals surface area (Å²) in [6.07, 6.45) is 5.26. The third-order valence-corrected chi connectivity index (χ3v) is 7.99. The number of aryl methyl sites for hydroxylation is 2. The number of aromatic nitrogens is 3. The smallest absolute Gasteiger partial charge is 0.251 e. The Bertz CT molecular complexity index is 1760. The van der Waals surface area contributed by atoms with Crippen LogP contribution in [0.25, 0.3) is 22.0 Å². The molecule has 0 bridgehead atoms. The molecule has 0 saturated heterocycles. The summed E-state index contributed by atoms with van der Waals surface area (Å²) in [4.78, 5) is 29.7. The Hall–Kier alpha value is -3.85. The second-order valence-electron chi connectivity index (χ2n) is 9.62. The van der Waals surface area contributed by atoms with Gasteiger partial charge in [-0.15, -0.1) is 0 Å². The second-order valence-corrected chi connectivity index (χ2v) is 11.0. The zero-order chi connectivity index (χ0) is 28.4. The molecule has 0 radical (unpaired) electrons. The Kier molecular flexibility index (Phi) is 7.85. The summed E-state index contributed by atoms with van der Waals surface area (Å²) >= 11 is 7.96. The fourth-order valence-electron chi connectivity index (χ4n) is 4.98. The molecule has 1 amide bonds. The predicted molar refractivity (Wildman–Crippen MR) is 162 cm³/mol. The number of pyridine rings is 1. The number of hydrogen-bond acceptors (Lipinski definition) is 5. The van der Waals surface area contributed by atoms with E-state index in [1.54, 1.807) is 76.9 Å². The van der Waals surface area contributed by atoms with Crippen molar-refractivity contribution in [3.8, 4) is 11.1 Å². The molecule has 9 heteroatoms. The predicted octanol–water partition coefficient (Wildman–Crippen LogP) is 4.97. The summed E-state index contributed by atoms with van der Waals surface area (Å²) in [6, 6.07) is 21.5. The molecule has 7 nitrogen and oxygen atoms in total. The average Bonchev–Trinajstić information content (AvgIpc) is 3.40. The molecule has 2 N–H and O–H groups in total. The molecule has 0 aliphatic rings. The van der Waals surface area contributed by atoms with E-state index in [0.717, 1.165) is 22.2 Å². The van der Waals surface area contributed by atoms with Crippen LogP contribution in [0.15, 0.2) is 90.1 Å². The molecule has 3 aromatic carbocycles. The molecule has 1 unspecified atom stereocenters. The van der Waals surface area contributed by atoms with Crippen LogP contribution in [0.2, 0.25) is 5.02 Å². The minimum Gasteiger partial charge on any atom is -0.374 e. The molecule has 0 spiro atoms. The van der Waals surface area contributed by atoms with Gasteiger partial charge in [0.15, 0.2) is 5.60 Å². The molecule has 1 atom stereocenters. The maximum atomic E-state index is 12.9. The highest BCUT2D eigenvalue weighted by Gasteiger charge is 2.37. The molecular formula is C31H29ClN4O3S. The van der Waals surface area contributed by atoms with Crippen LogP contribution in [0, 0.1) is 0 Å². The van der Waals surface area contributed by atoms with Gasteiger partial charge < -0.3 is 19.6 Å². The molecule has 0 aliphatic heterocycles. The monoisotopic (exact) mass is 572 g/mol. The van der Waals surface area contributed by atoms with Gasteiger partial charge in [0.05, 0.1) is 23.7 Å². The third kappa shape index (κ3) is 5.06. The van der Waals surface area contributed by atoms with Crippen LogP contribution in [-0.4, -0.2) is 43.7 Å². The third-order valence-electron chi connectivity index (χ3n) is 7.14. The van der Waals surface area contributed by atoms with Gasteiger partial charge in [0, 0.05) is 48.4 Å². The van der Waals surface area contributed by atoms with E-state index >= 15 is 0 Å². The Morgan fingerprint density at radius 2 is 1.80 bits per heavy atom. The van der Waals surface area contributed by atoms with Gasteiger partial charge in [-0.05, 0) is 64.9 Å². The van der Waals surface area contributed by atoms with Gasteiger partial charge in [-0.2, -0.15) is 11.8 Å². The molecule has 204 valence electrons. The Balaban J connectivity index is 1.69. The summed E-state index contributed by atoms with van der Waals surface area (Å²) in [6.45, 7) is 0.579. The van der Waals surface area contributed by atoms with Crippen molar-refractivity contribution in [2.45, 2.75) is 5.60 Å². The molecule has 2 aromatic heterocycles. The molecular weight excluding hydrogens is 544 g/mol. The van der Waals surface area contributed by atoms with Gasteiger partial charge in [-0.1, -0.05) is 41.9 Å². The maximum absolute atomic E-state index is 12.9. The van der Waals surface area contributed by atoms with E-state index in [1.165, 1.54) is 0 Å². The van der Waals surface area contributed by atoms with Crippen molar-refractivity contribution in [2.24, 2.45) is 14.1 Å². The van der Waals surface area contributed by atoms with E-state index in [-0.39, 0.29) is 11.5 Å². The lowest BCUT2D eigenvalue weighted by Crippen LogP contribution is -2.31. The van der Waals surface area contributed by atoms with Crippen LogP contribution in [0.3, 0.4) is 0 Å².